The van der Waals surface area contributed by atoms with Gasteiger partial charge in [-0.25, -0.2) is 4.79 Å². The van der Waals surface area contributed by atoms with Gasteiger partial charge < -0.3 is 14.3 Å². The molecule has 0 N–H and O–H groups in total. The van der Waals surface area contributed by atoms with Crippen molar-refractivity contribution in [3.8, 4) is 0 Å². The first-order valence-corrected chi connectivity index (χ1v) is 5.35. The minimum absolute atomic E-state index is 0.297. The molecule has 1 fully saturated rings. The van der Waals surface area contributed by atoms with Crippen LogP contribution in [0.25, 0.3) is 0 Å². The topological polar surface area (TPSA) is 60.4 Å². The van der Waals surface area contributed by atoms with E-state index in [9.17, 15) is 4.79 Å². The van der Waals surface area contributed by atoms with Crippen molar-refractivity contribution in [2.75, 3.05) is 46.6 Å². The van der Waals surface area contributed by atoms with E-state index in [0.717, 1.165) is 13.1 Å². The number of rotatable bonds is 5. The molecule has 1 aliphatic rings. The van der Waals surface area contributed by atoms with Crippen molar-refractivity contribution in [1.29, 1.82) is 0 Å². The number of morpholine rings is 1. The molecule has 1 aliphatic heterocycles. The molecule has 0 aromatic carbocycles. The van der Waals surface area contributed by atoms with Crippen LogP contribution < -0.4 is 0 Å². The monoisotopic (exact) mass is 230 g/mol. The highest BCUT2D eigenvalue weighted by Crippen LogP contribution is 1.98. The lowest BCUT2D eigenvalue weighted by Gasteiger charge is -2.26. The van der Waals surface area contributed by atoms with Crippen LogP contribution in [0, 0.1) is 0 Å². The number of hydrogen-bond acceptors (Lipinski definition) is 6. The van der Waals surface area contributed by atoms with E-state index in [1.54, 1.807) is 6.92 Å². The van der Waals surface area contributed by atoms with E-state index in [1.807, 2.05) is 0 Å². The summed E-state index contributed by atoms with van der Waals surface area (Å²) in [5, 5.41) is 3.70. The van der Waals surface area contributed by atoms with Crippen LogP contribution >= 0.6 is 0 Å². The Morgan fingerprint density at radius 3 is 2.69 bits per heavy atom. The van der Waals surface area contributed by atoms with Crippen molar-refractivity contribution in [3.63, 3.8) is 0 Å². The Morgan fingerprint density at radius 2 is 2.12 bits per heavy atom. The van der Waals surface area contributed by atoms with Crippen molar-refractivity contribution >= 4 is 11.7 Å². The maximum Gasteiger partial charge on any atom is 0.357 e. The summed E-state index contributed by atoms with van der Waals surface area (Å²) in [7, 11) is 1.42. The van der Waals surface area contributed by atoms with Gasteiger partial charge >= 0.3 is 5.97 Å². The number of carbonyl (C=O) groups is 1. The van der Waals surface area contributed by atoms with Gasteiger partial charge in [0.25, 0.3) is 0 Å². The molecule has 0 unspecified atom stereocenters. The van der Waals surface area contributed by atoms with Gasteiger partial charge in [0.2, 0.25) is 0 Å². The molecule has 0 aliphatic carbocycles. The lowest BCUT2D eigenvalue weighted by atomic mass is 10.3. The molecule has 0 saturated carbocycles. The quantitative estimate of drug-likeness (QED) is 0.374. The second-order valence-corrected chi connectivity index (χ2v) is 3.33. The average molecular weight is 230 g/mol. The van der Waals surface area contributed by atoms with Gasteiger partial charge in [-0.3, -0.25) is 4.90 Å². The molecule has 16 heavy (non-hydrogen) atoms. The Balaban J connectivity index is 2.49. The predicted molar refractivity (Wildman–Crippen MR) is 58.3 cm³/mol. The largest absolute Gasteiger partial charge is 0.461 e. The molecule has 0 spiro atoms. The van der Waals surface area contributed by atoms with Crippen LogP contribution in [-0.2, 0) is 19.1 Å². The van der Waals surface area contributed by atoms with E-state index < -0.39 is 5.97 Å². The fourth-order valence-corrected chi connectivity index (χ4v) is 1.43. The summed E-state index contributed by atoms with van der Waals surface area (Å²) in [5.74, 6) is -0.421. The number of carbonyl (C=O) groups excluding carboxylic acids is 1. The summed E-state index contributed by atoms with van der Waals surface area (Å²) in [4.78, 5) is 18.2. The highest BCUT2D eigenvalue weighted by atomic mass is 16.6. The lowest BCUT2D eigenvalue weighted by molar-refractivity contribution is -0.135. The summed E-state index contributed by atoms with van der Waals surface area (Å²) in [5.41, 5.74) is 0.297. The fourth-order valence-electron chi connectivity index (χ4n) is 1.43. The Kier molecular flexibility index (Phi) is 5.81. The predicted octanol–water partition coefficient (Wildman–Crippen LogP) is -0.116. The van der Waals surface area contributed by atoms with Crippen LogP contribution in [0.1, 0.15) is 6.92 Å². The Hall–Kier alpha value is -1.14. The first-order chi connectivity index (χ1) is 7.77. The van der Waals surface area contributed by atoms with Crippen LogP contribution in [0.15, 0.2) is 5.16 Å². The number of hydrogen-bond donors (Lipinski definition) is 0. The SMILES string of the molecule is CCOC(=O)/C(CN1CCOCC1)=N/OC. The van der Waals surface area contributed by atoms with E-state index in [2.05, 4.69) is 14.9 Å². The molecule has 0 atom stereocenters. The third-order valence-electron chi connectivity index (χ3n) is 2.19. The molecule has 0 radical (unpaired) electrons. The molecular weight excluding hydrogens is 212 g/mol. The molecular formula is C10H18N2O4. The zero-order valence-corrected chi connectivity index (χ0v) is 9.77. The van der Waals surface area contributed by atoms with Crippen LogP contribution in [0.5, 0.6) is 0 Å². The van der Waals surface area contributed by atoms with Crippen molar-refractivity contribution in [1.82, 2.24) is 4.90 Å². The maximum absolute atomic E-state index is 11.5. The molecule has 92 valence electrons. The zero-order chi connectivity index (χ0) is 11.8. The van der Waals surface area contributed by atoms with Crippen LogP contribution in [0.4, 0.5) is 0 Å². The second kappa shape index (κ2) is 7.19. The van der Waals surface area contributed by atoms with Gasteiger partial charge in [-0.05, 0) is 6.92 Å². The van der Waals surface area contributed by atoms with Crippen molar-refractivity contribution in [3.05, 3.63) is 0 Å². The van der Waals surface area contributed by atoms with Gasteiger partial charge in [0.1, 0.15) is 7.11 Å². The van der Waals surface area contributed by atoms with Crippen molar-refractivity contribution in [2.45, 2.75) is 6.92 Å². The minimum atomic E-state index is -0.421. The van der Waals surface area contributed by atoms with Gasteiger partial charge in [-0.15, -0.1) is 0 Å². The number of ether oxygens (including phenoxy) is 2. The first-order valence-electron chi connectivity index (χ1n) is 5.35. The summed E-state index contributed by atoms with van der Waals surface area (Å²) in [6.45, 7) is 5.49. The van der Waals surface area contributed by atoms with Gasteiger partial charge in [0.15, 0.2) is 5.71 Å². The van der Waals surface area contributed by atoms with E-state index in [0.29, 0.717) is 32.1 Å². The Labute approximate surface area is 95.1 Å². The molecule has 6 nitrogen and oxygen atoms in total. The molecule has 1 rings (SSSR count). The third-order valence-corrected chi connectivity index (χ3v) is 2.19. The molecule has 0 aromatic heterocycles. The third kappa shape index (κ3) is 4.16. The Morgan fingerprint density at radius 1 is 1.44 bits per heavy atom. The Bertz CT molecular complexity index is 249. The summed E-state index contributed by atoms with van der Waals surface area (Å²) < 4.78 is 10.1. The summed E-state index contributed by atoms with van der Waals surface area (Å²) >= 11 is 0. The van der Waals surface area contributed by atoms with E-state index in [4.69, 9.17) is 9.47 Å². The standard InChI is InChI=1S/C10H18N2O4/c1-3-16-10(13)9(11-14-2)8-12-4-6-15-7-5-12/h3-8H2,1-2H3/b11-9+. The van der Waals surface area contributed by atoms with E-state index >= 15 is 0 Å². The van der Waals surface area contributed by atoms with Crippen molar-refractivity contribution < 1.29 is 19.1 Å². The van der Waals surface area contributed by atoms with E-state index in [1.165, 1.54) is 7.11 Å². The smallest absolute Gasteiger partial charge is 0.357 e. The number of oxime groups is 1. The molecule has 6 heteroatoms. The fraction of sp³-hybridized carbons (Fsp3) is 0.800. The van der Waals surface area contributed by atoms with Gasteiger partial charge in [-0.2, -0.15) is 0 Å². The average Bonchev–Trinajstić information content (AvgIpc) is 2.30. The van der Waals surface area contributed by atoms with Gasteiger partial charge in [0.05, 0.1) is 26.4 Å². The molecule has 1 saturated heterocycles. The summed E-state index contributed by atoms with van der Waals surface area (Å²) in [6, 6.07) is 0. The van der Waals surface area contributed by atoms with Gasteiger partial charge in [-0.1, -0.05) is 5.16 Å². The maximum atomic E-state index is 11.5. The molecule has 0 aromatic rings. The van der Waals surface area contributed by atoms with Crippen LogP contribution in [-0.4, -0.2) is 63.1 Å². The highest BCUT2D eigenvalue weighted by Gasteiger charge is 2.19. The number of nitrogens with zero attached hydrogens (tertiary/aromatic N) is 2. The minimum Gasteiger partial charge on any atom is -0.461 e. The molecule has 0 amide bonds. The second-order valence-electron chi connectivity index (χ2n) is 3.33. The van der Waals surface area contributed by atoms with Crippen LogP contribution in [0.3, 0.4) is 0 Å². The number of esters is 1. The normalized spacial score (nSPS) is 18.2. The van der Waals surface area contributed by atoms with Crippen molar-refractivity contribution in [2.24, 2.45) is 5.16 Å². The molecule has 0 bridgehead atoms. The zero-order valence-electron chi connectivity index (χ0n) is 9.77. The van der Waals surface area contributed by atoms with Crippen LogP contribution in [0.2, 0.25) is 0 Å². The van der Waals surface area contributed by atoms with E-state index in [-0.39, 0.29) is 0 Å². The lowest BCUT2D eigenvalue weighted by Crippen LogP contribution is -2.41. The first kappa shape index (κ1) is 12.9. The molecule has 1 heterocycles. The van der Waals surface area contributed by atoms with Gasteiger partial charge in [0, 0.05) is 13.1 Å². The summed E-state index contributed by atoms with van der Waals surface area (Å²) in [6.07, 6.45) is 0. The highest BCUT2D eigenvalue weighted by molar-refractivity contribution is 6.37.